The molecule has 96 valence electrons. The minimum absolute atomic E-state index is 0.00507. The zero-order valence-corrected chi connectivity index (χ0v) is 8.93. The Balaban J connectivity index is 3.59. The number of hydrogen-bond acceptors (Lipinski definition) is 3. The quantitative estimate of drug-likeness (QED) is 0.423. The number of carbonyl (C=O) groups excluding carboxylic acids is 2. The molecule has 0 saturated carbocycles. The van der Waals surface area contributed by atoms with E-state index in [-0.39, 0.29) is 25.9 Å². The Hall–Kier alpha value is -1.78. The average molecular weight is 251 g/mol. The number of alkyl halides is 3. The van der Waals surface area contributed by atoms with E-state index in [1.54, 1.807) is 6.07 Å². The summed E-state index contributed by atoms with van der Waals surface area (Å²) in [5.74, 6) is -1.92. The molecule has 0 atom stereocenters. The fraction of sp³-hybridized carbons (Fsp3) is 0.667. The van der Waals surface area contributed by atoms with Crippen molar-refractivity contribution in [2.24, 2.45) is 0 Å². The largest absolute Gasteiger partial charge is 0.389 e. The standard InChI is InChI=1S/C9H12F3N3O2/c10-9(11,12)3-1-2-5-14-7(16)8(17)15-6-4-13/h1-3,5-6H2,(H,14,16)(H,15,17). The lowest BCUT2D eigenvalue weighted by Crippen LogP contribution is -2.40. The Labute approximate surface area is 96.0 Å². The summed E-state index contributed by atoms with van der Waals surface area (Å²) in [6.45, 7) is -0.296. The van der Waals surface area contributed by atoms with E-state index >= 15 is 0 Å². The molecule has 0 aliphatic carbocycles. The predicted molar refractivity (Wildman–Crippen MR) is 51.5 cm³/mol. The first-order valence-corrected chi connectivity index (χ1v) is 4.86. The first-order valence-electron chi connectivity index (χ1n) is 4.86. The van der Waals surface area contributed by atoms with Crippen LogP contribution >= 0.6 is 0 Å². The molecule has 0 aliphatic rings. The molecule has 5 nitrogen and oxygen atoms in total. The van der Waals surface area contributed by atoms with Crippen LogP contribution < -0.4 is 10.6 Å². The third kappa shape index (κ3) is 9.17. The highest BCUT2D eigenvalue weighted by Crippen LogP contribution is 2.21. The van der Waals surface area contributed by atoms with E-state index < -0.39 is 24.4 Å². The summed E-state index contributed by atoms with van der Waals surface area (Å²) in [6, 6.07) is 1.61. The molecule has 0 rings (SSSR count). The maximum atomic E-state index is 11.7. The van der Waals surface area contributed by atoms with Gasteiger partial charge >= 0.3 is 18.0 Å². The number of rotatable bonds is 5. The van der Waals surface area contributed by atoms with Gasteiger partial charge in [0, 0.05) is 13.0 Å². The zero-order chi connectivity index (χ0) is 13.3. The molecule has 0 aromatic rings. The minimum Gasteiger partial charge on any atom is -0.348 e. The Morgan fingerprint density at radius 3 is 2.24 bits per heavy atom. The van der Waals surface area contributed by atoms with Crippen LogP contribution in [0.25, 0.3) is 0 Å². The van der Waals surface area contributed by atoms with Gasteiger partial charge in [-0.3, -0.25) is 9.59 Å². The van der Waals surface area contributed by atoms with Crippen LogP contribution in [0.2, 0.25) is 0 Å². The van der Waals surface area contributed by atoms with Gasteiger partial charge in [-0.1, -0.05) is 0 Å². The molecular weight excluding hydrogens is 239 g/mol. The Kier molecular flexibility index (Phi) is 6.70. The van der Waals surface area contributed by atoms with Crippen molar-refractivity contribution in [2.45, 2.75) is 25.4 Å². The van der Waals surface area contributed by atoms with E-state index in [9.17, 15) is 22.8 Å². The zero-order valence-electron chi connectivity index (χ0n) is 8.93. The molecule has 0 bridgehead atoms. The van der Waals surface area contributed by atoms with Gasteiger partial charge in [0.1, 0.15) is 6.54 Å². The fourth-order valence-electron chi connectivity index (χ4n) is 0.933. The second kappa shape index (κ2) is 7.49. The maximum absolute atomic E-state index is 11.7. The second-order valence-corrected chi connectivity index (χ2v) is 3.17. The monoisotopic (exact) mass is 251 g/mol. The van der Waals surface area contributed by atoms with Gasteiger partial charge in [0.2, 0.25) is 0 Å². The third-order valence-electron chi connectivity index (χ3n) is 1.71. The lowest BCUT2D eigenvalue weighted by atomic mass is 10.2. The molecule has 0 aromatic carbocycles. The van der Waals surface area contributed by atoms with Crippen molar-refractivity contribution >= 4 is 11.8 Å². The molecule has 0 fully saturated rings. The lowest BCUT2D eigenvalue weighted by Gasteiger charge is -2.06. The molecular formula is C9H12F3N3O2. The van der Waals surface area contributed by atoms with Gasteiger partial charge in [0.05, 0.1) is 6.07 Å². The average Bonchev–Trinajstić information content (AvgIpc) is 2.23. The van der Waals surface area contributed by atoms with Gasteiger partial charge in [-0.15, -0.1) is 0 Å². The van der Waals surface area contributed by atoms with Gasteiger partial charge in [-0.2, -0.15) is 18.4 Å². The second-order valence-electron chi connectivity index (χ2n) is 3.17. The van der Waals surface area contributed by atoms with E-state index in [0.717, 1.165) is 0 Å². The first kappa shape index (κ1) is 15.2. The normalized spacial score (nSPS) is 10.5. The lowest BCUT2D eigenvalue weighted by molar-refractivity contribution is -0.139. The Morgan fingerprint density at radius 1 is 1.12 bits per heavy atom. The highest BCUT2D eigenvalue weighted by atomic mass is 19.4. The highest BCUT2D eigenvalue weighted by molar-refractivity contribution is 6.35. The molecule has 0 spiro atoms. The number of carbonyl (C=O) groups is 2. The topological polar surface area (TPSA) is 82.0 Å². The molecule has 17 heavy (non-hydrogen) atoms. The Morgan fingerprint density at radius 2 is 1.71 bits per heavy atom. The van der Waals surface area contributed by atoms with Crippen molar-refractivity contribution in [1.82, 2.24) is 10.6 Å². The van der Waals surface area contributed by atoms with E-state index in [4.69, 9.17) is 5.26 Å². The molecule has 2 N–H and O–H groups in total. The van der Waals surface area contributed by atoms with Crippen molar-refractivity contribution in [3.63, 3.8) is 0 Å². The van der Waals surface area contributed by atoms with E-state index in [2.05, 4.69) is 5.32 Å². The van der Waals surface area contributed by atoms with Crippen molar-refractivity contribution in [1.29, 1.82) is 5.26 Å². The summed E-state index contributed by atoms with van der Waals surface area (Å²) in [6.07, 6.45) is -5.09. The van der Waals surface area contributed by atoms with Gasteiger partial charge in [-0.25, -0.2) is 0 Å². The first-order chi connectivity index (χ1) is 7.87. The molecule has 0 saturated heterocycles. The summed E-state index contributed by atoms with van der Waals surface area (Å²) in [5, 5.41) is 12.3. The molecule has 8 heteroatoms. The van der Waals surface area contributed by atoms with Crippen molar-refractivity contribution in [3.8, 4) is 6.07 Å². The van der Waals surface area contributed by atoms with Crippen molar-refractivity contribution in [2.75, 3.05) is 13.1 Å². The van der Waals surface area contributed by atoms with Crippen LogP contribution in [0.5, 0.6) is 0 Å². The summed E-state index contributed by atoms with van der Waals surface area (Å²) < 4.78 is 35.2. The smallest absolute Gasteiger partial charge is 0.348 e. The number of nitrogens with zero attached hydrogens (tertiary/aromatic N) is 1. The van der Waals surface area contributed by atoms with E-state index in [1.807, 2.05) is 5.32 Å². The molecule has 0 heterocycles. The van der Waals surface area contributed by atoms with Crippen LogP contribution in [0, 0.1) is 11.3 Å². The summed E-state index contributed by atoms with van der Waals surface area (Å²) in [5.41, 5.74) is 0. The van der Waals surface area contributed by atoms with Gasteiger partial charge in [0.15, 0.2) is 0 Å². The highest BCUT2D eigenvalue weighted by Gasteiger charge is 2.25. The number of nitrogens with one attached hydrogen (secondary N) is 2. The van der Waals surface area contributed by atoms with E-state index in [1.165, 1.54) is 0 Å². The number of amides is 2. The third-order valence-corrected chi connectivity index (χ3v) is 1.71. The molecule has 0 aliphatic heterocycles. The fourth-order valence-corrected chi connectivity index (χ4v) is 0.933. The molecule has 0 radical (unpaired) electrons. The predicted octanol–water partition coefficient (Wildman–Crippen LogP) is 0.475. The van der Waals surface area contributed by atoms with Crippen LogP contribution in [0.1, 0.15) is 19.3 Å². The minimum atomic E-state index is -4.20. The SMILES string of the molecule is N#CCNC(=O)C(=O)NCCCCC(F)(F)F. The number of nitriles is 1. The van der Waals surface area contributed by atoms with Gasteiger partial charge in [0.25, 0.3) is 0 Å². The summed E-state index contributed by atoms with van der Waals surface area (Å²) >= 11 is 0. The number of halogens is 3. The molecule has 0 unspecified atom stereocenters. The van der Waals surface area contributed by atoms with Crippen molar-refractivity contribution < 1.29 is 22.8 Å². The van der Waals surface area contributed by atoms with E-state index in [0.29, 0.717) is 0 Å². The van der Waals surface area contributed by atoms with Crippen LogP contribution in [0.15, 0.2) is 0 Å². The van der Waals surface area contributed by atoms with Crippen LogP contribution in [-0.2, 0) is 9.59 Å². The summed E-state index contributed by atoms with van der Waals surface area (Å²) in [7, 11) is 0. The van der Waals surface area contributed by atoms with Crippen LogP contribution in [0.4, 0.5) is 13.2 Å². The van der Waals surface area contributed by atoms with Crippen LogP contribution in [0.3, 0.4) is 0 Å². The maximum Gasteiger partial charge on any atom is 0.389 e. The van der Waals surface area contributed by atoms with Crippen molar-refractivity contribution in [3.05, 3.63) is 0 Å². The van der Waals surface area contributed by atoms with Gasteiger partial charge in [-0.05, 0) is 12.8 Å². The molecule has 0 aromatic heterocycles. The summed E-state index contributed by atoms with van der Waals surface area (Å²) in [4.78, 5) is 21.8. The number of unbranched alkanes of at least 4 members (excludes halogenated alkanes) is 1. The van der Waals surface area contributed by atoms with Crippen LogP contribution in [-0.4, -0.2) is 31.1 Å². The molecule has 2 amide bonds. The van der Waals surface area contributed by atoms with Gasteiger partial charge < -0.3 is 10.6 Å². The Bertz CT molecular complexity index is 310. The number of hydrogen-bond donors (Lipinski definition) is 2.